The molecular weight excluding hydrogens is 328 g/mol. The topological polar surface area (TPSA) is 57.7 Å². The van der Waals surface area contributed by atoms with Gasteiger partial charge in [-0.3, -0.25) is 19.3 Å². The molecule has 0 unspecified atom stereocenters. The van der Waals surface area contributed by atoms with Crippen LogP contribution in [0.3, 0.4) is 0 Å². The molecule has 2 aromatic rings. The zero-order valence-electron chi connectivity index (χ0n) is 14.2. The highest BCUT2D eigenvalue weighted by Gasteiger charge is 2.43. The summed E-state index contributed by atoms with van der Waals surface area (Å²) in [7, 11) is 0. The molecule has 0 aliphatic carbocycles. The maximum atomic E-state index is 13.1. The smallest absolute Gasteiger partial charge is 0.262 e. The van der Waals surface area contributed by atoms with Crippen LogP contribution >= 0.6 is 0 Å². The van der Waals surface area contributed by atoms with E-state index in [1.165, 1.54) is 0 Å². The van der Waals surface area contributed by atoms with Gasteiger partial charge in [-0.15, -0.1) is 0 Å². The maximum Gasteiger partial charge on any atom is 0.262 e. The van der Waals surface area contributed by atoms with Gasteiger partial charge in [0.2, 0.25) is 5.91 Å². The average molecular weight is 346 g/mol. The van der Waals surface area contributed by atoms with E-state index in [1.54, 1.807) is 35.4 Å². The molecule has 0 aromatic heterocycles. The van der Waals surface area contributed by atoms with Crippen LogP contribution in [0.2, 0.25) is 0 Å². The van der Waals surface area contributed by atoms with E-state index in [-0.39, 0.29) is 17.7 Å². The quantitative estimate of drug-likeness (QED) is 0.803. The highest BCUT2D eigenvalue weighted by Crippen LogP contribution is 2.28. The van der Waals surface area contributed by atoms with Gasteiger partial charge in [0.05, 0.1) is 17.7 Å². The Labute approximate surface area is 151 Å². The van der Waals surface area contributed by atoms with Crippen LogP contribution in [0.5, 0.6) is 0 Å². The molecule has 2 aliphatic heterocycles. The standard InChI is InChI=1S/C21H18N2O3/c24-19-16-10-4-5-11-17(16)20(25)23(19)18-12-6-7-13-22(21(18)26)14-15-8-2-1-3-9-15/h1-5,7-11,13,18H,6,12,14H2/t18-/m0/s1. The molecule has 0 N–H and O–H groups in total. The molecule has 1 atom stereocenters. The Balaban J connectivity index is 1.62. The normalized spacial score (nSPS) is 19.7. The Morgan fingerprint density at radius 3 is 2.12 bits per heavy atom. The van der Waals surface area contributed by atoms with Crippen LogP contribution in [0.15, 0.2) is 66.9 Å². The summed E-state index contributed by atoms with van der Waals surface area (Å²) in [5.74, 6) is -0.992. The molecule has 26 heavy (non-hydrogen) atoms. The highest BCUT2D eigenvalue weighted by atomic mass is 16.2. The zero-order valence-corrected chi connectivity index (χ0v) is 14.2. The molecule has 0 saturated carbocycles. The predicted molar refractivity (Wildman–Crippen MR) is 96.1 cm³/mol. The monoisotopic (exact) mass is 346 g/mol. The Kier molecular flexibility index (Phi) is 4.13. The van der Waals surface area contributed by atoms with E-state index < -0.39 is 6.04 Å². The molecular formula is C21H18N2O3. The molecule has 5 nitrogen and oxygen atoms in total. The van der Waals surface area contributed by atoms with Crippen LogP contribution in [0.4, 0.5) is 0 Å². The lowest BCUT2D eigenvalue weighted by molar-refractivity contribution is -0.133. The van der Waals surface area contributed by atoms with Crippen molar-refractivity contribution in [2.75, 3.05) is 0 Å². The molecule has 0 spiro atoms. The minimum absolute atomic E-state index is 0.225. The average Bonchev–Trinajstić information content (AvgIpc) is 2.80. The van der Waals surface area contributed by atoms with Gasteiger partial charge in [-0.2, -0.15) is 0 Å². The van der Waals surface area contributed by atoms with Crippen molar-refractivity contribution in [2.45, 2.75) is 25.4 Å². The Bertz CT molecular complexity index is 869. The summed E-state index contributed by atoms with van der Waals surface area (Å²) in [5, 5.41) is 0. The van der Waals surface area contributed by atoms with E-state index in [2.05, 4.69) is 0 Å². The zero-order chi connectivity index (χ0) is 18.1. The second kappa shape index (κ2) is 6.59. The number of imide groups is 1. The SMILES string of the molecule is O=C1[C@@H](N2C(=O)c3ccccc3C2=O)CCC=CN1Cc1ccccc1. The minimum Gasteiger partial charge on any atom is -0.313 e. The molecule has 0 fully saturated rings. The lowest BCUT2D eigenvalue weighted by Gasteiger charge is -2.28. The number of amides is 3. The number of rotatable bonds is 3. The summed E-state index contributed by atoms with van der Waals surface area (Å²) in [4.78, 5) is 41.3. The molecule has 0 bridgehead atoms. The van der Waals surface area contributed by atoms with E-state index >= 15 is 0 Å². The summed E-state index contributed by atoms with van der Waals surface area (Å²) >= 11 is 0. The molecule has 3 amide bonds. The third-order valence-corrected chi connectivity index (χ3v) is 4.79. The van der Waals surface area contributed by atoms with Gasteiger partial charge < -0.3 is 4.90 Å². The Morgan fingerprint density at radius 2 is 1.46 bits per heavy atom. The van der Waals surface area contributed by atoms with Crippen molar-refractivity contribution in [2.24, 2.45) is 0 Å². The number of carbonyl (C=O) groups excluding carboxylic acids is 3. The number of carbonyl (C=O) groups is 3. The van der Waals surface area contributed by atoms with E-state index in [0.29, 0.717) is 30.5 Å². The number of nitrogens with zero attached hydrogens (tertiary/aromatic N) is 2. The molecule has 0 saturated heterocycles. The minimum atomic E-state index is -0.777. The van der Waals surface area contributed by atoms with Gasteiger partial charge in [-0.25, -0.2) is 0 Å². The van der Waals surface area contributed by atoms with Gasteiger partial charge in [0.1, 0.15) is 6.04 Å². The maximum absolute atomic E-state index is 13.1. The summed E-state index contributed by atoms with van der Waals surface area (Å²) in [6.45, 7) is 0.413. The van der Waals surface area contributed by atoms with Crippen LogP contribution in [0.1, 0.15) is 39.1 Å². The van der Waals surface area contributed by atoms with Gasteiger partial charge in [-0.1, -0.05) is 48.5 Å². The number of fused-ring (bicyclic) bond motifs is 1. The van der Waals surface area contributed by atoms with E-state index in [1.807, 2.05) is 36.4 Å². The molecule has 4 rings (SSSR count). The van der Waals surface area contributed by atoms with Crippen molar-refractivity contribution in [3.05, 3.63) is 83.6 Å². The highest BCUT2D eigenvalue weighted by molar-refractivity contribution is 6.22. The summed E-state index contributed by atoms with van der Waals surface area (Å²) in [6.07, 6.45) is 4.74. The van der Waals surface area contributed by atoms with Crippen molar-refractivity contribution in [1.82, 2.24) is 9.80 Å². The van der Waals surface area contributed by atoms with E-state index in [9.17, 15) is 14.4 Å². The van der Waals surface area contributed by atoms with Gasteiger partial charge in [-0.05, 0) is 30.5 Å². The van der Waals surface area contributed by atoms with Gasteiger partial charge in [0.15, 0.2) is 0 Å². The van der Waals surface area contributed by atoms with Crippen molar-refractivity contribution in [3.8, 4) is 0 Å². The fraction of sp³-hybridized carbons (Fsp3) is 0.190. The van der Waals surface area contributed by atoms with E-state index in [4.69, 9.17) is 0 Å². The van der Waals surface area contributed by atoms with Crippen LogP contribution in [0.25, 0.3) is 0 Å². The second-order valence-corrected chi connectivity index (χ2v) is 6.46. The van der Waals surface area contributed by atoms with Crippen LogP contribution in [0, 0.1) is 0 Å². The number of allylic oxidation sites excluding steroid dienone is 1. The number of benzene rings is 2. The third kappa shape index (κ3) is 2.71. The van der Waals surface area contributed by atoms with Crippen LogP contribution in [-0.2, 0) is 11.3 Å². The van der Waals surface area contributed by atoms with Crippen molar-refractivity contribution < 1.29 is 14.4 Å². The van der Waals surface area contributed by atoms with Crippen molar-refractivity contribution in [1.29, 1.82) is 0 Å². The first kappa shape index (κ1) is 16.3. The Morgan fingerprint density at radius 1 is 0.846 bits per heavy atom. The Hall–Kier alpha value is -3.21. The van der Waals surface area contributed by atoms with E-state index in [0.717, 1.165) is 10.5 Å². The molecule has 2 aromatic carbocycles. The fourth-order valence-electron chi connectivity index (χ4n) is 3.49. The number of hydrogen-bond donors (Lipinski definition) is 0. The second-order valence-electron chi connectivity index (χ2n) is 6.46. The first-order valence-corrected chi connectivity index (χ1v) is 8.65. The van der Waals surface area contributed by atoms with Gasteiger partial charge in [0.25, 0.3) is 11.8 Å². The lowest BCUT2D eigenvalue weighted by atomic mass is 10.1. The largest absolute Gasteiger partial charge is 0.313 e. The third-order valence-electron chi connectivity index (χ3n) is 4.79. The molecule has 5 heteroatoms. The van der Waals surface area contributed by atoms with Crippen molar-refractivity contribution >= 4 is 17.7 Å². The van der Waals surface area contributed by atoms with Crippen molar-refractivity contribution in [3.63, 3.8) is 0 Å². The number of hydrogen-bond acceptors (Lipinski definition) is 3. The lowest BCUT2D eigenvalue weighted by Crippen LogP contribution is -2.48. The molecule has 130 valence electrons. The molecule has 2 heterocycles. The predicted octanol–water partition coefficient (Wildman–Crippen LogP) is 2.99. The van der Waals surface area contributed by atoms with Gasteiger partial charge >= 0.3 is 0 Å². The fourth-order valence-corrected chi connectivity index (χ4v) is 3.49. The first-order chi connectivity index (χ1) is 12.7. The van der Waals surface area contributed by atoms with Crippen LogP contribution < -0.4 is 0 Å². The van der Waals surface area contributed by atoms with Crippen LogP contribution in [-0.4, -0.2) is 33.6 Å². The summed E-state index contributed by atoms with van der Waals surface area (Å²) < 4.78 is 0. The molecule has 0 radical (unpaired) electrons. The summed E-state index contributed by atoms with van der Waals surface area (Å²) in [6, 6.07) is 15.6. The van der Waals surface area contributed by atoms with Gasteiger partial charge in [0, 0.05) is 6.20 Å². The summed E-state index contributed by atoms with van der Waals surface area (Å²) in [5.41, 5.74) is 1.74. The first-order valence-electron chi connectivity index (χ1n) is 8.65. The molecule has 2 aliphatic rings.